The first kappa shape index (κ1) is 9.48. The third kappa shape index (κ3) is 1.76. The van der Waals surface area contributed by atoms with Crippen molar-refractivity contribution in [2.45, 2.75) is 6.43 Å². The number of hydrogen-bond donors (Lipinski definition) is 1. The van der Waals surface area contributed by atoms with Crippen LogP contribution in [0.5, 0.6) is 0 Å². The molecule has 1 heterocycles. The first-order valence-electron chi connectivity index (χ1n) is 2.88. The number of hydrogen-bond acceptors (Lipinski definition) is 1. The molecule has 0 aliphatic rings. The maximum atomic E-state index is 12.1. The number of aromatic amines is 1. The van der Waals surface area contributed by atoms with Crippen molar-refractivity contribution in [2.75, 3.05) is 0 Å². The van der Waals surface area contributed by atoms with Gasteiger partial charge in [-0.15, -0.1) is 0 Å². The lowest BCUT2D eigenvalue weighted by molar-refractivity contribution is 0.150. The fraction of sp³-hybridized carbons (Fsp3) is 0.167. The largest absolute Gasteiger partial charge is 0.336 e. The van der Waals surface area contributed by atoms with E-state index in [1.807, 2.05) is 0 Å². The van der Waals surface area contributed by atoms with Gasteiger partial charge in [0.1, 0.15) is 15.9 Å². The van der Waals surface area contributed by atoms with Crippen molar-refractivity contribution >= 4 is 23.2 Å². The van der Waals surface area contributed by atoms with Crippen LogP contribution in [0.25, 0.3) is 0 Å². The Kier molecular flexibility index (Phi) is 2.69. The van der Waals surface area contributed by atoms with Crippen molar-refractivity contribution in [3.63, 3.8) is 0 Å². The highest BCUT2D eigenvalue weighted by molar-refractivity contribution is 6.32. The molecule has 66 valence electrons. The number of nitrogens with one attached hydrogen (secondary N) is 1. The summed E-state index contributed by atoms with van der Waals surface area (Å²) in [6.07, 6.45) is -2.89. The highest BCUT2D eigenvalue weighted by Crippen LogP contribution is 2.22. The SMILES string of the molecule is O=c1cc(Cl)[nH]c(Cl)c1C(F)F. The van der Waals surface area contributed by atoms with Crippen LogP contribution in [0.15, 0.2) is 10.9 Å². The fourth-order valence-electron chi connectivity index (χ4n) is 0.713. The average molecular weight is 214 g/mol. The number of alkyl halides is 2. The lowest BCUT2D eigenvalue weighted by Gasteiger charge is -2.01. The molecule has 0 unspecified atom stereocenters. The van der Waals surface area contributed by atoms with Crippen molar-refractivity contribution in [3.8, 4) is 0 Å². The minimum absolute atomic E-state index is 0.0607. The van der Waals surface area contributed by atoms with Crippen LogP contribution in [0.3, 0.4) is 0 Å². The van der Waals surface area contributed by atoms with E-state index in [0.29, 0.717) is 0 Å². The monoisotopic (exact) mass is 213 g/mol. The van der Waals surface area contributed by atoms with Gasteiger partial charge < -0.3 is 4.98 Å². The fourth-order valence-corrected chi connectivity index (χ4v) is 1.23. The summed E-state index contributed by atoms with van der Waals surface area (Å²) in [4.78, 5) is 13.0. The van der Waals surface area contributed by atoms with Crippen LogP contribution in [0.4, 0.5) is 8.78 Å². The van der Waals surface area contributed by atoms with Gasteiger partial charge in [-0.3, -0.25) is 4.79 Å². The minimum atomic E-state index is -2.89. The zero-order valence-corrected chi connectivity index (χ0v) is 7.09. The third-order valence-corrected chi connectivity index (χ3v) is 1.71. The van der Waals surface area contributed by atoms with E-state index in [-0.39, 0.29) is 5.15 Å². The topological polar surface area (TPSA) is 32.9 Å². The second-order valence-corrected chi connectivity index (χ2v) is 2.80. The summed E-state index contributed by atoms with van der Waals surface area (Å²) in [7, 11) is 0. The van der Waals surface area contributed by atoms with Crippen LogP contribution in [-0.2, 0) is 0 Å². The van der Waals surface area contributed by atoms with E-state index in [9.17, 15) is 13.6 Å². The molecule has 12 heavy (non-hydrogen) atoms. The Hall–Kier alpha value is -0.610. The molecule has 0 saturated carbocycles. The summed E-state index contributed by atoms with van der Waals surface area (Å²) in [6.45, 7) is 0. The summed E-state index contributed by atoms with van der Waals surface area (Å²) in [6, 6.07) is 0.856. The second-order valence-electron chi connectivity index (χ2n) is 2.01. The normalized spacial score (nSPS) is 10.8. The first-order valence-corrected chi connectivity index (χ1v) is 3.64. The molecular weight excluding hydrogens is 211 g/mol. The number of halogens is 4. The Labute approximate surface area is 76.1 Å². The lowest BCUT2D eigenvalue weighted by Crippen LogP contribution is -2.09. The molecule has 1 rings (SSSR count). The first-order chi connectivity index (χ1) is 5.52. The van der Waals surface area contributed by atoms with Crippen molar-refractivity contribution in [3.05, 3.63) is 32.2 Å². The molecule has 0 radical (unpaired) electrons. The molecule has 1 aromatic heterocycles. The molecule has 6 heteroatoms. The molecule has 0 aliphatic heterocycles. The Bertz CT molecular complexity index is 350. The van der Waals surface area contributed by atoms with E-state index in [0.717, 1.165) is 6.07 Å². The van der Waals surface area contributed by atoms with Crippen LogP contribution in [-0.4, -0.2) is 4.98 Å². The molecule has 1 aromatic rings. The van der Waals surface area contributed by atoms with Crippen molar-refractivity contribution in [1.82, 2.24) is 4.98 Å². The molecule has 0 aliphatic carbocycles. The third-order valence-electron chi connectivity index (χ3n) is 1.21. The highest BCUT2D eigenvalue weighted by Gasteiger charge is 2.16. The van der Waals surface area contributed by atoms with E-state index < -0.39 is 22.6 Å². The van der Waals surface area contributed by atoms with Gasteiger partial charge in [0, 0.05) is 6.07 Å². The maximum absolute atomic E-state index is 12.1. The van der Waals surface area contributed by atoms with E-state index in [2.05, 4.69) is 4.98 Å². The smallest absolute Gasteiger partial charge is 0.270 e. The quantitative estimate of drug-likeness (QED) is 0.716. The average Bonchev–Trinajstić information content (AvgIpc) is 1.82. The molecule has 0 atom stereocenters. The van der Waals surface area contributed by atoms with E-state index >= 15 is 0 Å². The van der Waals surface area contributed by atoms with Gasteiger partial charge in [0.2, 0.25) is 0 Å². The second kappa shape index (κ2) is 3.41. The molecule has 0 amide bonds. The van der Waals surface area contributed by atoms with Gasteiger partial charge in [-0.05, 0) is 0 Å². The minimum Gasteiger partial charge on any atom is -0.336 e. The summed E-state index contributed by atoms with van der Waals surface area (Å²) < 4.78 is 24.1. The maximum Gasteiger partial charge on any atom is 0.270 e. The summed E-state index contributed by atoms with van der Waals surface area (Å²) in [5.74, 6) is 0. The van der Waals surface area contributed by atoms with Gasteiger partial charge >= 0.3 is 0 Å². The van der Waals surface area contributed by atoms with Crippen LogP contribution in [0.1, 0.15) is 12.0 Å². The summed E-state index contributed by atoms with van der Waals surface area (Å²) in [5, 5.41) is -0.475. The number of rotatable bonds is 1. The molecule has 0 spiro atoms. The van der Waals surface area contributed by atoms with Gasteiger partial charge in [-0.1, -0.05) is 23.2 Å². The zero-order chi connectivity index (χ0) is 9.30. The molecule has 0 aromatic carbocycles. The van der Waals surface area contributed by atoms with Gasteiger partial charge in [0.25, 0.3) is 6.43 Å². The summed E-state index contributed by atoms with van der Waals surface area (Å²) in [5.41, 5.74) is -1.61. The Morgan fingerprint density at radius 3 is 2.42 bits per heavy atom. The Balaban J connectivity index is 3.39. The van der Waals surface area contributed by atoms with Crippen LogP contribution < -0.4 is 5.43 Å². The van der Waals surface area contributed by atoms with Gasteiger partial charge in [-0.2, -0.15) is 0 Å². The standard InChI is InChI=1S/C6H3Cl2F2NO/c7-3-1-2(12)4(6(9)10)5(8)11-3/h1,6H,(H,11,12). The van der Waals surface area contributed by atoms with Crippen molar-refractivity contribution < 1.29 is 8.78 Å². The number of pyridine rings is 1. The predicted octanol–water partition coefficient (Wildman–Crippen LogP) is 2.62. The highest BCUT2D eigenvalue weighted by atomic mass is 35.5. The van der Waals surface area contributed by atoms with Gasteiger partial charge in [-0.25, -0.2) is 8.78 Å². The molecular formula is C6H3Cl2F2NO. The van der Waals surface area contributed by atoms with Crippen LogP contribution in [0, 0.1) is 0 Å². The predicted molar refractivity (Wildman–Crippen MR) is 42.0 cm³/mol. The summed E-state index contributed by atoms with van der Waals surface area (Å²) >= 11 is 10.7. The Morgan fingerprint density at radius 1 is 1.42 bits per heavy atom. The number of aromatic nitrogens is 1. The molecule has 0 saturated heterocycles. The Morgan fingerprint density at radius 2 is 2.00 bits per heavy atom. The van der Waals surface area contributed by atoms with E-state index in [1.54, 1.807) is 0 Å². The van der Waals surface area contributed by atoms with Crippen LogP contribution >= 0.6 is 23.2 Å². The molecule has 0 bridgehead atoms. The molecule has 1 N–H and O–H groups in total. The van der Waals surface area contributed by atoms with Gasteiger partial charge in [0.15, 0.2) is 5.43 Å². The zero-order valence-electron chi connectivity index (χ0n) is 5.57. The molecule has 2 nitrogen and oxygen atoms in total. The van der Waals surface area contributed by atoms with E-state index in [4.69, 9.17) is 23.2 Å². The van der Waals surface area contributed by atoms with Crippen LogP contribution in [0.2, 0.25) is 10.3 Å². The lowest BCUT2D eigenvalue weighted by atomic mass is 10.3. The number of H-pyrrole nitrogens is 1. The van der Waals surface area contributed by atoms with E-state index in [1.165, 1.54) is 0 Å². The molecule has 0 fully saturated rings. The van der Waals surface area contributed by atoms with Gasteiger partial charge in [0.05, 0.1) is 0 Å². The van der Waals surface area contributed by atoms with Crippen molar-refractivity contribution in [1.29, 1.82) is 0 Å². The van der Waals surface area contributed by atoms with Crippen molar-refractivity contribution in [2.24, 2.45) is 0 Å².